The van der Waals surface area contributed by atoms with Gasteiger partial charge in [0, 0.05) is 25.7 Å². The summed E-state index contributed by atoms with van der Waals surface area (Å²) in [5.41, 5.74) is 0. The average Bonchev–Trinajstić information content (AvgIpc) is 3.52. The largest absolute Gasteiger partial charge is 0.472 e. The van der Waals surface area contributed by atoms with Crippen LogP contribution < -0.4 is 0 Å². The number of carbonyl (C=O) groups is 4. The van der Waals surface area contributed by atoms with Gasteiger partial charge in [0.25, 0.3) is 0 Å². The number of unbranched alkanes of at least 4 members (excludes halogenated alkanes) is 33. The fraction of sp³-hybridized carbons (Fsp3) is 0.944. The topological polar surface area (TPSA) is 237 Å². The van der Waals surface area contributed by atoms with Crippen molar-refractivity contribution < 1.29 is 80.2 Å². The van der Waals surface area contributed by atoms with Crippen molar-refractivity contribution in [3.8, 4) is 0 Å². The second kappa shape index (κ2) is 61.6. The highest BCUT2D eigenvalue weighted by atomic mass is 31.2. The molecule has 0 amide bonds. The zero-order chi connectivity index (χ0) is 67.5. The number of rotatable bonds is 69. The third-order valence-electron chi connectivity index (χ3n) is 17.3. The van der Waals surface area contributed by atoms with Crippen molar-refractivity contribution in [1.82, 2.24) is 0 Å². The maximum Gasteiger partial charge on any atom is 0.472 e. The summed E-state index contributed by atoms with van der Waals surface area (Å²) in [6.45, 7) is 14.1. The van der Waals surface area contributed by atoms with Crippen LogP contribution in [0.25, 0.3) is 0 Å². The van der Waals surface area contributed by atoms with Crippen molar-refractivity contribution in [2.24, 2.45) is 23.7 Å². The summed E-state index contributed by atoms with van der Waals surface area (Å²) >= 11 is 0. The lowest BCUT2D eigenvalue weighted by Gasteiger charge is -2.21. The summed E-state index contributed by atoms with van der Waals surface area (Å²) < 4.78 is 68.3. The van der Waals surface area contributed by atoms with E-state index in [4.69, 9.17) is 37.0 Å². The van der Waals surface area contributed by atoms with Crippen molar-refractivity contribution in [3.63, 3.8) is 0 Å². The molecule has 0 spiro atoms. The second-order valence-corrected chi connectivity index (χ2v) is 30.3. The molecule has 0 radical (unpaired) electrons. The first kappa shape index (κ1) is 89.1. The number of phosphoric ester groups is 2. The van der Waals surface area contributed by atoms with Gasteiger partial charge in [-0.1, -0.05) is 306 Å². The standard InChI is InChI=1S/C72H140O17P2/c1-9-64(7)50-42-34-26-21-22-28-39-47-55-72(77)89-68(59-83-70(75)53-45-37-31-30-35-43-51-65(8)10-2)61-87-91(80,81)85-57-66(73)56-84-90(78,79)86-60-67(58-82-69(74)52-44-36-29-23-25-33-41-49-63(5)6)88-71(76)54-46-38-27-20-18-16-14-12-11-13-15-17-19-24-32-40-48-62(3)4/h62-68,73H,9-61H2,1-8H3,(H,78,79)(H,80,81)/t64?,65?,66?,67-,68-/m1/s1. The highest BCUT2D eigenvalue weighted by Crippen LogP contribution is 2.45. The van der Waals surface area contributed by atoms with Crippen LogP contribution in [0.3, 0.4) is 0 Å². The third-order valence-corrected chi connectivity index (χ3v) is 19.2. The molecule has 0 aromatic heterocycles. The quantitative estimate of drug-likeness (QED) is 0.0222. The zero-order valence-corrected chi connectivity index (χ0v) is 61.3. The molecule has 0 saturated carbocycles. The fourth-order valence-electron chi connectivity index (χ4n) is 10.8. The zero-order valence-electron chi connectivity index (χ0n) is 59.5. The molecule has 0 bridgehead atoms. The van der Waals surface area contributed by atoms with Gasteiger partial charge in [0.2, 0.25) is 0 Å². The summed E-state index contributed by atoms with van der Waals surface area (Å²) in [6.07, 6.45) is 44.6. The lowest BCUT2D eigenvalue weighted by Crippen LogP contribution is -2.30. The number of ether oxygens (including phenoxy) is 4. The van der Waals surface area contributed by atoms with E-state index in [2.05, 4.69) is 55.4 Å². The molecule has 17 nitrogen and oxygen atoms in total. The summed E-state index contributed by atoms with van der Waals surface area (Å²) in [7, 11) is -9.91. The van der Waals surface area contributed by atoms with Crippen LogP contribution in [0.4, 0.5) is 0 Å². The Morgan fingerprint density at radius 2 is 0.527 bits per heavy atom. The van der Waals surface area contributed by atoms with Crippen molar-refractivity contribution in [2.45, 2.75) is 375 Å². The van der Waals surface area contributed by atoms with E-state index in [-0.39, 0.29) is 25.7 Å². The Morgan fingerprint density at radius 3 is 0.780 bits per heavy atom. The van der Waals surface area contributed by atoms with Crippen molar-refractivity contribution in [1.29, 1.82) is 0 Å². The SMILES string of the molecule is CCC(C)CCCCCCCCCCC(=O)O[C@H](COC(=O)CCCCCCCCC(C)CC)COP(=O)(O)OCC(O)COP(=O)(O)OC[C@@H](COC(=O)CCCCCCCCCC(C)C)OC(=O)CCCCCCCCCCCCCCCCCCC(C)C. The minimum Gasteiger partial charge on any atom is -0.462 e. The number of hydrogen-bond donors (Lipinski definition) is 3. The van der Waals surface area contributed by atoms with Gasteiger partial charge < -0.3 is 33.8 Å². The van der Waals surface area contributed by atoms with E-state index in [1.807, 2.05) is 0 Å². The van der Waals surface area contributed by atoms with Gasteiger partial charge in [0.05, 0.1) is 26.4 Å². The fourth-order valence-corrected chi connectivity index (χ4v) is 12.4. The predicted molar refractivity (Wildman–Crippen MR) is 367 cm³/mol. The van der Waals surface area contributed by atoms with E-state index in [0.717, 1.165) is 120 Å². The van der Waals surface area contributed by atoms with E-state index >= 15 is 0 Å². The third kappa shape index (κ3) is 63.9. The van der Waals surface area contributed by atoms with Gasteiger partial charge in [-0.2, -0.15) is 0 Å². The Bertz CT molecular complexity index is 1800. The molecular formula is C72H140O17P2. The van der Waals surface area contributed by atoms with Crippen LogP contribution in [0.1, 0.15) is 357 Å². The highest BCUT2D eigenvalue weighted by molar-refractivity contribution is 7.47. The summed E-state index contributed by atoms with van der Waals surface area (Å²) in [5, 5.41) is 10.6. The molecule has 0 aliphatic carbocycles. The van der Waals surface area contributed by atoms with Gasteiger partial charge in [-0.05, 0) is 49.4 Å². The average molecular weight is 1340 g/mol. The van der Waals surface area contributed by atoms with Crippen LogP contribution in [0.2, 0.25) is 0 Å². The van der Waals surface area contributed by atoms with Crippen LogP contribution >= 0.6 is 15.6 Å². The molecule has 5 unspecified atom stereocenters. The molecule has 7 atom stereocenters. The Labute approximate surface area is 556 Å². The molecule has 540 valence electrons. The van der Waals surface area contributed by atoms with Gasteiger partial charge in [0.15, 0.2) is 12.2 Å². The first-order chi connectivity index (χ1) is 43.7. The van der Waals surface area contributed by atoms with E-state index in [1.54, 1.807) is 0 Å². The Kier molecular flexibility index (Phi) is 60.3. The lowest BCUT2D eigenvalue weighted by atomic mass is 9.99. The minimum absolute atomic E-state index is 0.104. The number of aliphatic hydroxyl groups excluding tert-OH is 1. The van der Waals surface area contributed by atoms with Crippen LogP contribution in [-0.2, 0) is 65.4 Å². The highest BCUT2D eigenvalue weighted by Gasteiger charge is 2.30. The maximum absolute atomic E-state index is 13.0. The molecule has 19 heteroatoms. The molecule has 0 aromatic carbocycles. The summed E-state index contributed by atoms with van der Waals surface area (Å²) in [6, 6.07) is 0. The number of carbonyl (C=O) groups excluding carboxylic acids is 4. The van der Waals surface area contributed by atoms with Crippen LogP contribution in [0.15, 0.2) is 0 Å². The smallest absolute Gasteiger partial charge is 0.462 e. The van der Waals surface area contributed by atoms with Gasteiger partial charge in [-0.15, -0.1) is 0 Å². The van der Waals surface area contributed by atoms with Crippen LogP contribution in [0.5, 0.6) is 0 Å². The molecule has 91 heavy (non-hydrogen) atoms. The van der Waals surface area contributed by atoms with E-state index < -0.39 is 97.5 Å². The molecule has 0 saturated heterocycles. The Hall–Kier alpha value is -1.94. The summed E-state index contributed by atoms with van der Waals surface area (Å²) in [4.78, 5) is 72.6. The van der Waals surface area contributed by atoms with E-state index in [0.29, 0.717) is 31.6 Å². The number of phosphoric acid groups is 2. The Balaban J connectivity index is 5.21. The number of aliphatic hydroxyl groups is 1. The normalized spacial score (nSPS) is 14.8. The van der Waals surface area contributed by atoms with Crippen LogP contribution in [-0.4, -0.2) is 96.7 Å². The molecule has 0 fully saturated rings. The van der Waals surface area contributed by atoms with Gasteiger partial charge in [-0.3, -0.25) is 37.3 Å². The second-order valence-electron chi connectivity index (χ2n) is 27.4. The van der Waals surface area contributed by atoms with Gasteiger partial charge in [0.1, 0.15) is 19.3 Å². The predicted octanol–water partition coefficient (Wildman–Crippen LogP) is 20.5. The van der Waals surface area contributed by atoms with Gasteiger partial charge >= 0.3 is 39.5 Å². The van der Waals surface area contributed by atoms with E-state index in [1.165, 1.54) is 148 Å². The Morgan fingerprint density at radius 1 is 0.308 bits per heavy atom. The summed E-state index contributed by atoms with van der Waals surface area (Å²) in [5.74, 6) is 0.884. The molecule has 0 aliphatic rings. The molecule has 3 N–H and O–H groups in total. The minimum atomic E-state index is -4.95. The number of esters is 4. The van der Waals surface area contributed by atoms with Crippen LogP contribution in [0, 0.1) is 23.7 Å². The molecule has 0 aliphatic heterocycles. The number of hydrogen-bond acceptors (Lipinski definition) is 15. The lowest BCUT2D eigenvalue weighted by molar-refractivity contribution is -0.161. The molecule has 0 rings (SSSR count). The first-order valence-corrected chi connectivity index (χ1v) is 40.3. The first-order valence-electron chi connectivity index (χ1n) is 37.3. The molecule has 0 heterocycles. The van der Waals surface area contributed by atoms with Gasteiger partial charge in [-0.25, -0.2) is 9.13 Å². The van der Waals surface area contributed by atoms with Crippen molar-refractivity contribution >= 4 is 39.5 Å². The van der Waals surface area contributed by atoms with Crippen molar-refractivity contribution in [2.75, 3.05) is 39.6 Å². The monoisotopic (exact) mass is 1340 g/mol. The maximum atomic E-state index is 13.0. The molecule has 0 aromatic rings. The molecular weight excluding hydrogens is 1200 g/mol. The van der Waals surface area contributed by atoms with E-state index in [9.17, 15) is 43.2 Å². The van der Waals surface area contributed by atoms with Crippen molar-refractivity contribution in [3.05, 3.63) is 0 Å².